The first-order valence-electron chi connectivity index (χ1n) is 6.62. The van der Waals surface area contributed by atoms with Crippen molar-refractivity contribution in [2.24, 2.45) is 0 Å². The second-order valence-corrected chi connectivity index (χ2v) is 6.21. The van der Waals surface area contributed by atoms with Crippen LogP contribution in [0.1, 0.15) is 26.7 Å². The Bertz CT molecular complexity index is 411. The highest BCUT2D eigenvalue weighted by Crippen LogP contribution is 2.32. The molecule has 1 N–H and O–H groups in total. The molecule has 0 aromatic heterocycles. The average molecular weight is 284 g/mol. The van der Waals surface area contributed by atoms with Gasteiger partial charge in [0.05, 0.1) is 5.37 Å². The zero-order valence-corrected chi connectivity index (χ0v) is 12.2. The van der Waals surface area contributed by atoms with Crippen LogP contribution in [-0.2, 0) is 4.79 Å². The number of hydrogen-bond donors (Lipinski definition) is 1. The minimum Gasteiger partial charge on any atom is -0.480 e. The maximum atomic E-state index is 12.6. The monoisotopic (exact) mass is 284 g/mol. The number of carbonyl (C=O) groups is 2. The highest BCUT2D eigenvalue weighted by molar-refractivity contribution is 8.00. The van der Waals surface area contributed by atoms with Gasteiger partial charge in [0.2, 0.25) is 0 Å². The lowest BCUT2D eigenvalue weighted by Gasteiger charge is -2.34. The van der Waals surface area contributed by atoms with Crippen molar-refractivity contribution in [2.75, 3.05) is 18.8 Å². The number of hydrogen-bond acceptors (Lipinski definition) is 3. The highest BCUT2D eigenvalue weighted by Gasteiger charge is 2.42. The van der Waals surface area contributed by atoms with Gasteiger partial charge in [-0.1, -0.05) is 18.6 Å². The molecule has 2 amide bonds. The summed E-state index contributed by atoms with van der Waals surface area (Å²) in [6, 6.07) is -0.814. The first-order valence-corrected chi connectivity index (χ1v) is 7.66. The summed E-state index contributed by atoms with van der Waals surface area (Å²) < 4.78 is 0. The summed E-state index contributed by atoms with van der Waals surface area (Å²) in [4.78, 5) is 27.2. The molecule has 1 fully saturated rings. The van der Waals surface area contributed by atoms with E-state index in [4.69, 9.17) is 0 Å². The summed E-state index contributed by atoms with van der Waals surface area (Å²) in [5.74, 6) is -0.413. The molecule has 0 aliphatic carbocycles. The number of aliphatic carboxylic acids is 1. The van der Waals surface area contributed by atoms with Crippen LogP contribution in [0.4, 0.5) is 4.79 Å². The Hall–Kier alpha value is -1.17. The van der Waals surface area contributed by atoms with E-state index in [2.05, 4.69) is 6.08 Å². The highest BCUT2D eigenvalue weighted by atomic mass is 32.2. The summed E-state index contributed by atoms with van der Waals surface area (Å²) in [6.45, 7) is 5.29. The Kier molecular flexibility index (Phi) is 4.39. The molecule has 2 aliphatic rings. The lowest BCUT2D eigenvalue weighted by Crippen LogP contribution is -2.52. The summed E-state index contributed by atoms with van der Waals surface area (Å²) in [5, 5.41) is 9.25. The van der Waals surface area contributed by atoms with E-state index in [0.717, 1.165) is 12.8 Å². The van der Waals surface area contributed by atoms with Gasteiger partial charge in [-0.05, 0) is 19.8 Å². The molecule has 2 atom stereocenters. The third-order valence-electron chi connectivity index (χ3n) is 3.55. The molecule has 2 rings (SSSR count). The zero-order valence-electron chi connectivity index (χ0n) is 11.3. The van der Waals surface area contributed by atoms with E-state index in [-0.39, 0.29) is 11.4 Å². The van der Waals surface area contributed by atoms with Gasteiger partial charge in [0, 0.05) is 18.8 Å². The summed E-state index contributed by atoms with van der Waals surface area (Å²) in [6.07, 6.45) is 3.77. The Labute approximate surface area is 117 Å². The second-order valence-electron chi connectivity index (χ2n) is 5.00. The van der Waals surface area contributed by atoms with Crippen LogP contribution in [0.3, 0.4) is 0 Å². The van der Waals surface area contributed by atoms with Crippen LogP contribution in [0.5, 0.6) is 0 Å². The van der Waals surface area contributed by atoms with Crippen LogP contribution >= 0.6 is 11.8 Å². The molecule has 0 radical (unpaired) electrons. The van der Waals surface area contributed by atoms with Gasteiger partial charge in [-0.2, -0.15) is 0 Å². The van der Waals surface area contributed by atoms with Gasteiger partial charge in [-0.15, -0.1) is 11.8 Å². The predicted molar refractivity (Wildman–Crippen MR) is 75.1 cm³/mol. The first kappa shape index (κ1) is 14.2. The van der Waals surface area contributed by atoms with Crippen molar-refractivity contribution in [3.05, 3.63) is 11.6 Å². The van der Waals surface area contributed by atoms with E-state index in [1.54, 1.807) is 21.6 Å². The molecule has 0 aromatic rings. The Balaban J connectivity index is 2.14. The van der Waals surface area contributed by atoms with Gasteiger partial charge >= 0.3 is 12.0 Å². The molecule has 1 saturated heterocycles. The van der Waals surface area contributed by atoms with E-state index < -0.39 is 12.0 Å². The number of carbonyl (C=O) groups excluding carboxylic acids is 1. The van der Waals surface area contributed by atoms with Gasteiger partial charge in [0.25, 0.3) is 0 Å². The van der Waals surface area contributed by atoms with E-state index in [1.807, 2.05) is 13.8 Å². The van der Waals surface area contributed by atoms with E-state index in [1.165, 1.54) is 5.57 Å². The van der Waals surface area contributed by atoms with Crippen LogP contribution < -0.4 is 0 Å². The third kappa shape index (κ3) is 2.88. The van der Waals surface area contributed by atoms with Crippen LogP contribution in [0, 0.1) is 0 Å². The smallest absolute Gasteiger partial charge is 0.327 e. The van der Waals surface area contributed by atoms with Crippen molar-refractivity contribution < 1.29 is 14.7 Å². The van der Waals surface area contributed by atoms with Crippen LogP contribution in [-0.4, -0.2) is 57.2 Å². The number of amides is 2. The molecule has 19 heavy (non-hydrogen) atoms. The Morgan fingerprint density at radius 2 is 2.26 bits per heavy atom. The third-order valence-corrected chi connectivity index (χ3v) is 5.00. The fraction of sp³-hybridized carbons (Fsp3) is 0.692. The number of nitrogens with zero attached hydrogens (tertiary/aromatic N) is 2. The van der Waals surface area contributed by atoms with Crippen molar-refractivity contribution in [1.82, 2.24) is 9.80 Å². The van der Waals surface area contributed by atoms with E-state index in [9.17, 15) is 14.7 Å². The molecular weight excluding hydrogens is 264 g/mol. The Morgan fingerprint density at radius 3 is 2.84 bits per heavy atom. The maximum absolute atomic E-state index is 12.6. The molecule has 0 aromatic carbocycles. The molecule has 0 bridgehead atoms. The van der Waals surface area contributed by atoms with Gasteiger partial charge in [-0.25, -0.2) is 9.59 Å². The number of carboxylic acid groups (broad SMARTS) is 1. The van der Waals surface area contributed by atoms with E-state index >= 15 is 0 Å². The number of rotatable bonds is 2. The van der Waals surface area contributed by atoms with Crippen molar-refractivity contribution in [3.8, 4) is 0 Å². The molecule has 106 valence electrons. The fourth-order valence-electron chi connectivity index (χ4n) is 2.56. The van der Waals surface area contributed by atoms with Gasteiger partial charge < -0.3 is 10.0 Å². The average Bonchev–Trinajstić information content (AvgIpc) is 2.81. The van der Waals surface area contributed by atoms with Gasteiger partial charge in [0.15, 0.2) is 0 Å². The van der Waals surface area contributed by atoms with Crippen LogP contribution in [0.25, 0.3) is 0 Å². The van der Waals surface area contributed by atoms with Crippen molar-refractivity contribution in [2.45, 2.75) is 38.1 Å². The normalized spacial score (nSPS) is 27.4. The molecule has 6 heteroatoms. The molecule has 2 heterocycles. The van der Waals surface area contributed by atoms with Gasteiger partial charge in [-0.3, -0.25) is 4.90 Å². The number of urea groups is 1. The fourth-order valence-corrected chi connectivity index (χ4v) is 3.90. The predicted octanol–water partition coefficient (Wildman–Crippen LogP) is 2.00. The van der Waals surface area contributed by atoms with Crippen molar-refractivity contribution in [1.29, 1.82) is 0 Å². The van der Waals surface area contributed by atoms with Crippen molar-refractivity contribution in [3.63, 3.8) is 0 Å². The minimum atomic E-state index is -0.902. The summed E-state index contributed by atoms with van der Waals surface area (Å²) in [5.41, 5.74) is 1.17. The molecular formula is C13H20N2O3S. The summed E-state index contributed by atoms with van der Waals surface area (Å²) >= 11 is 1.56. The Morgan fingerprint density at radius 1 is 1.53 bits per heavy atom. The summed E-state index contributed by atoms with van der Waals surface area (Å²) in [7, 11) is 0. The lowest BCUT2D eigenvalue weighted by molar-refractivity contribution is -0.141. The molecule has 0 spiro atoms. The molecule has 5 nitrogen and oxygen atoms in total. The van der Waals surface area contributed by atoms with Crippen LogP contribution in [0.2, 0.25) is 0 Å². The lowest BCUT2D eigenvalue weighted by atomic mass is 10.1. The van der Waals surface area contributed by atoms with Crippen molar-refractivity contribution >= 4 is 23.8 Å². The topological polar surface area (TPSA) is 60.9 Å². The first-order chi connectivity index (χ1) is 9.04. The molecule has 2 aliphatic heterocycles. The zero-order chi connectivity index (χ0) is 14.0. The minimum absolute atomic E-state index is 0.0141. The number of carboxylic acids is 1. The molecule has 0 saturated carbocycles. The quantitative estimate of drug-likeness (QED) is 0.788. The maximum Gasteiger partial charge on any atom is 0.327 e. The van der Waals surface area contributed by atoms with E-state index in [0.29, 0.717) is 18.8 Å². The number of thioether (sulfide) groups is 1. The second kappa shape index (κ2) is 5.86. The van der Waals surface area contributed by atoms with Gasteiger partial charge in [0.1, 0.15) is 6.04 Å². The SMILES string of the molecule is CCC1SCC(C(=O)O)N1C(=O)N1CCC=C(C)C1. The largest absolute Gasteiger partial charge is 0.480 e. The standard InChI is InChI=1S/C13H20N2O3S/c1-3-11-15(10(8-19-11)12(16)17)13(18)14-6-4-5-9(2)7-14/h5,10-11H,3-4,6-8H2,1-2H3,(H,16,17). The van der Waals surface area contributed by atoms with Crippen LogP contribution in [0.15, 0.2) is 11.6 Å². The molecule has 2 unspecified atom stereocenters.